The Kier molecular flexibility index (Phi) is 5.06. The van der Waals surface area contributed by atoms with Crippen molar-refractivity contribution in [1.29, 1.82) is 0 Å². The lowest BCUT2D eigenvalue weighted by molar-refractivity contribution is -0.0278. The SMILES string of the molecule is CCCc1nc(S(=O)(=O)Cl)cn1CC1CN(C)CCO1. The summed E-state index contributed by atoms with van der Waals surface area (Å²) in [6.07, 6.45) is 3.16. The molecule has 6 nitrogen and oxygen atoms in total. The van der Waals surface area contributed by atoms with Gasteiger partial charge in [-0.15, -0.1) is 0 Å². The van der Waals surface area contributed by atoms with Crippen molar-refractivity contribution in [2.24, 2.45) is 0 Å². The van der Waals surface area contributed by atoms with Crippen LogP contribution in [-0.4, -0.2) is 55.7 Å². The minimum atomic E-state index is -3.79. The van der Waals surface area contributed by atoms with Crippen LogP contribution in [0.5, 0.6) is 0 Å². The fourth-order valence-corrected chi connectivity index (χ4v) is 3.01. The third kappa shape index (κ3) is 3.94. The molecule has 0 aliphatic carbocycles. The van der Waals surface area contributed by atoms with E-state index >= 15 is 0 Å². The van der Waals surface area contributed by atoms with E-state index in [1.165, 1.54) is 6.20 Å². The molecule has 20 heavy (non-hydrogen) atoms. The highest BCUT2D eigenvalue weighted by Crippen LogP contribution is 2.17. The largest absolute Gasteiger partial charge is 0.374 e. The highest BCUT2D eigenvalue weighted by molar-refractivity contribution is 8.13. The number of morpholine rings is 1. The number of likely N-dealkylation sites (N-methyl/N-ethyl adjacent to an activating group) is 1. The van der Waals surface area contributed by atoms with E-state index < -0.39 is 9.05 Å². The van der Waals surface area contributed by atoms with E-state index in [1.54, 1.807) is 0 Å². The highest BCUT2D eigenvalue weighted by Gasteiger charge is 2.22. The summed E-state index contributed by atoms with van der Waals surface area (Å²) in [7, 11) is 3.63. The van der Waals surface area contributed by atoms with Gasteiger partial charge in [-0.05, 0) is 13.5 Å². The van der Waals surface area contributed by atoms with Crippen molar-refractivity contribution in [3.05, 3.63) is 12.0 Å². The van der Waals surface area contributed by atoms with Crippen molar-refractivity contribution in [3.63, 3.8) is 0 Å². The Morgan fingerprint density at radius 2 is 2.30 bits per heavy atom. The van der Waals surface area contributed by atoms with E-state index in [4.69, 9.17) is 15.4 Å². The number of aryl methyl sites for hydroxylation is 1. The van der Waals surface area contributed by atoms with Crippen molar-refractivity contribution in [1.82, 2.24) is 14.5 Å². The number of ether oxygens (including phenoxy) is 1. The Hall–Kier alpha value is -0.630. The van der Waals surface area contributed by atoms with Crippen LogP contribution in [0, 0.1) is 0 Å². The molecule has 0 aromatic carbocycles. The van der Waals surface area contributed by atoms with Gasteiger partial charge in [-0.1, -0.05) is 6.92 Å². The molecule has 2 heterocycles. The number of imidazole rings is 1. The number of aromatic nitrogens is 2. The van der Waals surface area contributed by atoms with E-state index in [0.29, 0.717) is 13.2 Å². The normalized spacial score (nSPS) is 21.2. The van der Waals surface area contributed by atoms with Gasteiger partial charge in [0.15, 0.2) is 5.03 Å². The molecule has 1 atom stereocenters. The van der Waals surface area contributed by atoms with Crippen molar-refractivity contribution in [2.45, 2.75) is 37.4 Å². The van der Waals surface area contributed by atoms with Gasteiger partial charge in [-0.25, -0.2) is 13.4 Å². The lowest BCUT2D eigenvalue weighted by atomic mass is 10.2. The van der Waals surface area contributed by atoms with Crippen LogP contribution < -0.4 is 0 Å². The van der Waals surface area contributed by atoms with Gasteiger partial charge in [-0.2, -0.15) is 0 Å². The second-order valence-electron chi connectivity index (χ2n) is 5.09. The zero-order valence-corrected chi connectivity index (χ0v) is 13.3. The predicted octanol–water partition coefficient (Wildman–Crippen LogP) is 1.09. The molecule has 1 saturated heterocycles. The third-order valence-electron chi connectivity index (χ3n) is 3.30. The molecule has 1 aliphatic rings. The Balaban J connectivity index is 2.18. The van der Waals surface area contributed by atoms with Crippen LogP contribution in [0.15, 0.2) is 11.2 Å². The fourth-order valence-electron chi connectivity index (χ4n) is 2.32. The number of hydrogen-bond acceptors (Lipinski definition) is 5. The Morgan fingerprint density at radius 3 is 2.90 bits per heavy atom. The minimum absolute atomic E-state index is 0.0458. The molecule has 2 rings (SSSR count). The topological polar surface area (TPSA) is 64.4 Å². The van der Waals surface area contributed by atoms with Crippen LogP contribution in [0.3, 0.4) is 0 Å². The van der Waals surface area contributed by atoms with Crippen LogP contribution in [0.25, 0.3) is 0 Å². The molecule has 1 fully saturated rings. The Labute approximate surface area is 124 Å². The summed E-state index contributed by atoms with van der Waals surface area (Å²) in [6.45, 7) is 5.06. The molecule has 0 amide bonds. The Bertz CT molecular complexity index is 558. The second-order valence-corrected chi connectivity index (χ2v) is 7.60. The molecule has 0 radical (unpaired) electrons. The van der Waals surface area contributed by atoms with Crippen LogP contribution in [0.2, 0.25) is 0 Å². The van der Waals surface area contributed by atoms with Crippen LogP contribution >= 0.6 is 10.7 Å². The standard InChI is InChI=1S/C12H20ClN3O3S/c1-3-4-11-14-12(20(13,17)18)9-16(11)8-10-7-15(2)5-6-19-10/h9-10H,3-8H2,1-2H3. The van der Waals surface area contributed by atoms with E-state index in [9.17, 15) is 8.42 Å². The van der Waals surface area contributed by atoms with Gasteiger partial charge >= 0.3 is 0 Å². The number of hydrogen-bond donors (Lipinski definition) is 0. The predicted molar refractivity (Wildman–Crippen MR) is 76.5 cm³/mol. The molecule has 8 heteroatoms. The number of halogens is 1. The van der Waals surface area contributed by atoms with Gasteiger partial charge in [0.1, 0.15) is 5.82 Å². The maximum Gasteiger partial charge on any atom is 0.280 e. The molecule has 1 aromatic heterocycles. The zero-order valence-electron chi connectivity index (χ0n) is 11.7. The monoisotopic (exact) mass is 321 g/mol. The van der Waals surface area contributed by atoms with Crippen molar-refractivity contribution in [3.8, 4) is 0 Å². The van der Waals surface area contributed by atoms with Crippen molar-refractivity contribution < 1.29 is 13.2 Å². The first-order chi connectivity index (χ1) is 9.40. The second kappa shape index (κ2) is 6.43. The number of nitrogens with zero attached hydrogens (tertiary/aromatic N) is 3. The first-order valence-electron chi connectivity index (χ1n) is 6.71. The van der Waals surface area contributed by atoms with E-state index in [2.05, 4.69) is 9.88 Å². The van der Waals surface area contributed by atoms with Gasteiger partial charge in [-0.3, -0.25) is 0 Å². The molecular weight excluding hydrogens is 302 g/mol. The highest BCUT2D eigenvalue weighted by atomic mass is 35.7. The van der Waals surface area contributed by atoms with Gasteiger partial charge in [0, 0.05) is 36.4 Å². The maximum absolute atomic E-state index is 11.4. The van der Waals surface area contributed by atoms with Crippen LogP contribution in [0.4, 0.5) is 0 Å². The summed E-state index contributed by atoms with van der Waals surface area (Å²) in [4.78, 5) is 6.33. The number of rotatable bonds is 5. The summed E-state index contributed by atoms with van der Waals surface area (Å²) in [5.74, 6) is 0.739. The molecule has 0 spiro atoms. The smallest absolute Gasteiger partial charge is 0.280 e. The Morgan fingerprint density at radius 1 is 1.55 bits per heavy atom. The first kappa shape index (κ1) is 15.8. The van der Waals surface area contributed by atoms with E-state index in [-0.39, 0.29) is 11.1 Å². The van der Waals surface area contributed by atoms with Gasteiger partial charge in [0.05, 0.1) is 19.3 Å². The van der Waals surface area contributed by atoms with Crippen molar-refractivity contribution in [2.75, 3.05) is 26.7 Å². The average molecular weight is 322 g/mol. The summed E-state index contributed by atoms with van der Waals surface area (Å²) < 4.78 is 30.4. The van der Waals surface area contributed by atoms with Crippen LogP contribution in [0.1, 0.15) is 19.2 Å². The molecule has 114 valence electrons. The lowest BCUT2D eigenvalue weighted by Gasteiger charge is -2.30. The van der Waals surface area contributed by atoms with Gasteiger partial charge in [0.2, 0.25) is 0 Å². The lowest BCUT2D eigenvalue weighted by Crippen LogP contribution is -2.42. The molecule has 1 aromatic rings. The molecule has 1 aliphatic heterocycles. The fraction of sp³-hybridized carbons (Fsp3) is 0.750. The first-order valence-corrected chi connectivity index (χ1v) is 9.02. The van der Waals surface area contributed by atoms with Gasteiger partial charge < -0.3 is 14.2 Å². The van der Waals surface area contributed by atoms with Crippen LogP contribution in [-0.2, 0) is 26.8 Å². The summed E-state index contributed by atoms with van der Waals surface area (Å²) in [5, 5.41) is -0.0771. The third-order valence-corrected chi connectivity index (χ3v) is 4.47. The summed E-state index contributed by atoms with van der Waals surface area (Å²) in [5.41, 5.74) is 0. The average Bonchev–Trinajstić information content (AvgIpc) is 2.73. The quantitative estimate of drug-likeness (QED) is 0.760. The summed E-state index contributed by atoms with van der Waals surface area (Å²) >= 11 is 0. The summed E-state index contributed by atoms with van der Waals surface area (Å²) in [6, 6.07) is 0. The van der Waals surface area contributed by atoms with Gasteiger partial charge in [0.25, 0.3) is 9.05 Å². The van der Waals surface area contributed by atoms with Crippen molar-refractivity contribution >= 4 is 19.7 Å². The molecule has 0 N–H and O–H groups in total. The molecule has 0 saturated carbocycles. The van der Waals surface area contributed by atoms with E-state index in [1.807, 2.05) is 18.5 Å². The molecular formula is C12H20ClN3O3S. The molecule has 1 unspecified atom stereocenters. The maximum atomic E-state index is 11.4. The minimum Gasteiger partial charge on any atom is -0.374 e. The van der Waals surface area contributed by atoms with E-state index in [0.717, 1.165) is 31.8 Å². The molecule has 0 bridgehead atoms. The zero-order chi connectivity index (χ0) is 14.8.